The van der Waals surface area contributed by atoms with Gasteiger partial charge in [-0.15, -0.1) is 0 Å². The average Bonchev–Trinajstić information content (AvgIpc) is 3.52. The van der Waals surface area contributed by atoms with Gasteiger partial charge in [0.25, 0.3) is 0 Å². The molecular formula is C33H40Cl2Zr. The molecule has 0 unspecified atom stereocenters. The fraction of sp³-hybridized carbons (Fsp3) is 0.485. The number of halogens is 2. The summed E-state index contributed by atoms with van der Waals surface area (Å²) in [7, 11) is 0. The molecule has 0 saturated heterocycles. The van der Waals surface area contributed by atoms with Crippen molar-refractivity contribution in [1.29, 1.82) is 0 Å². The minimum absolute atomic E-state index is 0. The van der Waals surface area contributed by atoms with Gasteiger partial charge in [-0.2, -0.15) is 0 Å². The summed E-state index contributed by atoms with van der Waals surface area (Å²) in [6, 6.07) is 15.4. The SMILES string of the molecule is C[C](C)=[Zr+2]([C]1=CC=CC1)[CH]1c2cc(C3CCCCC3)ccc2-c2ccc(C3CCCCC3)cc21.[Cl-].[Cl-]. The number of benzene rings is 2. The molecule has 0 aliphatic heterocycles. The molecule has 2 aromatic rings. The van der Waals surface area contributed by atoms with Crippen LogP contribution in [0.15, 0.2) is 57.9 Å². The predicted octanol–water partition coefficient (Wildman–Crippen LogP) is 3.53. The second-order valence-corrected chi connectivity index (χ2v) is 19.0. The van der Waals surface area contributed by atoms with E-state index in [0.717, 1.165) is 11.8 Å². The monoisotopic (exact) mass is 596 g/mol. The van der Waals surface area contributed by atoms with E-state index in [4.69, 9.17) is 0 Å². The van der Waals surface area contributed by atoms with Crippen molar-refractivity contribution in [3.63, 3.8) is 0 Å². The van der Waals surface area contributed by atoms with E-state index < -0.39 is 21.3 Å². The summed E-state index contributed by atoms with van der Waals surface area (Å²) >= 11 is -2.04. The normalized spacial score (nSPS) is 19.4. The van der Waals surface area contributed by atoms with Gasteiger partial charge in [0.1, 0.15) is 0 Å². The topological polar surface area (TPSA) is 0 Å². The average molecular weight is 599 g/mol. The number of hydrogen-bond acceptors (Lipinski definition) is 0. The number of rotatable bonds is 4. The van der Waals surface area contributed by atoms with E-state index in [1.165, 1.54) is 70.6 Å². The summed E-state index contributed by atoms with van der Waals surface area (Å²) in [5.41, 5.74) is 9.78. The Morgan fingerprint density at radius 1 is 0.694 bits per heavy atom. The van der Waals surface area contributed by atoms with Gasteiger partial charge in [-0.05, 0) is 0 Å². The number of hydrogen-bond donors (Lipinski definition) is 0. The molecule has 0 N–H and O–H groups in total. The molecule has 0 nitrogen and oxygen atoms in total. The summed E-state index contributed by atoms with van der Waals surface area (Å²) in [6.45, 7) is 4.92. The molecule has 0 amide bonds. The predicted molar refractivity (Wildman–Crippen MR) is 144 cm³/mol. The van der Waals surface area contributed by atoms with Gasteiger partial charge >= 0.3 is 216 Å². The molecule has 2 saturated carbocycles. The molecule has 2 fully saturated rings. The van der Waals surface area contributed by atoms with E-state index >= 15 is 0 Å². The van der Waals surface area contributed by atoms with E-state index in [-0.39, 0.29) is 24.8 Å². The standard InChI is InChI=1S/C25H29.C5H5.C3H6.2ClH.Zr/c1-3-7-18(8-4-1)20-11-13-24-22(15-20)17-23-16-21(12-14-25(23)24)19-9-5-2-6-10-19;1-2-4-5-3-1;1-3-2;;;/h11-19H,1-10H2;1-3H,4H2;1-2H3;2*1H;/q;;;;;+2/p-2. The molecule has 0 radical (unpaired) electrons. The summed E-state index contributed by atoms with van der Waals surface area (Å²) < 4.78 is 4.22. The molecule has 0 heterocycles. The first-order chi connectivity index (χ1) is 16.7. The molecule has 0 atom stereocenters. The third kappa shape index (κ3) is 5.37. The van der Waals surface area contributed by atoms with Crippen LogP contribution in [0.2, 0.25) is 0 Å². The quantitative estimate of drug-likeness (QED) is 0.506. The van der Waals surface area contributed by atoms with Crippen molar-refractivity contribution in [2.45, 2.75) is 99.9 Å². The van der Waals surface area contributed by atoms with E-state index in [9.17, 15) is 0 Å². The zero-order valence-corrected chi connectivity index (χ0v) is 25.9. The second-order valence-electron chi connectivity index (χ2n) is 11.5. The van der Waals surface area contributed by atoms with Gasteiger partial charge in [0.05, 0.1) is 0 Å². The van der Waals surface area contributed by atoms with Gasteiger partial charge in [0.15, 0.2) is 0 Å². The Morgan fingerprint density at radius 2 is 1.19 bits per heavy atom. The zero-order valence-electron chi connectivity index (χ0n) is 22.0. The smallest absolute Gasteiger partial charge is 1.00 e. The van der Waals surface area contributed by atoms with Crippen molar-refractivity contribution in [2.75, 3.05) is 0 Å². The summed E-state index contributed by atoms with van der Waals surface area (Å²) in [5, 5.41) is 0. The van der Waals surface area contributed by atoms with Gasteiger partial charge in [-0.1, -0.05) is 0 Å². The zero-order chi connectivity index (χ0) is 23.1. The fourth-order valence-corrected chi connectivity index (χ4v) is 15.6. The molecule has 6 rings (SSSR count). The first-order valence-electron chi connectivity index (χ1n) is 14.0. The number of allylic oxidation sites excluding steroid dienone is 4. The van der Waals surface area contributed by atoms with Crippen LogP contribution in [0.25, 0.3) is 11.1 Å². The van der Waals surface area contributed by atoms with Crippen molar-refractivity contribution < 1.29 is 46.1 Å². The van der Waals surface area contributed by atoms with Crippen LogP contribution in [-0.4, -0.2) is 3.21 Å². The molecule has 2 aromatic carbocycles. The molecule has 0 bridgehead atoms. The molecular weight excluding hydrogens is 558 g/mol. The minimum atomic E-state index is -2.04. The van der Waals surface area contributed by atoms with Gasteiger partial charge in [0, 0.05) is 0 Å². The van der Waals surface area contributed by atoms with Crippen molar-refractivity contribution in [1.82, 2.24) is 0 Å². The molecule has 3 heteroatoms. The van der Waals surface area contributed by atoms with Crippen LogP contribution in [-0.2, 0) is 21.3 Å². The van der Waals surface area contributed by atoms with Crippen molar-refractivity contribution in [3.8, 4) is 11.1 Å². The van der Waals surface area contributed by atoms with Crippen LogP contribution < -0.4 is 24.8 Å². The Morgan fingerprint density at radius 3 is 1.61 bits per heavy atom. The van der Waals surface area contributed by atoms with Crippen LogP contribution in [0.4, 0.5) is 0 Å². The van der Waals surface area contributed by atoms with E-state index in [2.05, 4.69) is 68.5 Å². The summed E-state index contributed by atoms with van der Waals surface area (Å²) in [4.78, 5) is 0. The Hall–Kier alpha value is -0.747. The molecule has 190 valence electrons. The minimum Gasteiger partial charge on any atom is -1.00 e. The van der Waals surface area contributed by atoms with Crippen LogP contribution >= 0.6 is 0 Å². The van der Waals surface area contributed by atoms with Gasteiger partial charge in [0.2, 0.25) is 0 Å². The summed E-state index contributed by atoms with van der Waals surface area (Å²) in [5.74, 6) is 1.57. The largest absolute Gasteiger partial charge is 1.00 e. The first kappa shape index (κ1) is 28.3. The van der Waals surface area contributed by atoms with Crippen LogP contribution in [0, 0.1) is 0 Å². The van der Waals surface area contributed by atoms with Gasteiger partial charge in [-0.3, -0.25) is 0 Å². The third-order valence-corrected chi connectivity index (χ3v) is 17.4. The van der Waals surface area contributed by atoms with Crippen LogP contribution in [0.5, 0.6) is 0 Å². The third-order valence-electron chi connectivity index (χ3n) is 9.16. The maximum atomic E-state index is 2.70. The Bertz CT molecular complexity index is 1100. The first-order valence-corrected chi connectivity index (χ1v) is 17.9. The van der Waals surface area contributed by atoms with Gasteiger partial charge < -0.3 is 24.8 Å². The van der Waals surface area contributed by atoms with Crippen molar-refractivity contribution >= 4 is 3.21 Å². The van der Waals surface area contributed by atoms with Crippen LogP contribution in [0.3, 0.4) is 0 Å². The van der Waals surface area contributed by atoms with E-state index in [1.54, 1.807) is 39.9 Å². The Balaban J connectivity index is 0.00000152. The fourth-order valence-electron chi connectivity index (χ4n) is 7.43. The molecule has 4 aliphatic rings. The Labute approximate surface area is 239 Å². The van der Waals surface area contributed by atoms with Crippen molar-refractivity contribution in [3.05, 3.63) is 80.2 Å². The van der Waals surface area contributed by atoms with Crippen molar-refractivity contribution in [2.24, 2.45) is 0 Å². The maximum absolute atomic E-state index is 2.70. The van der Waals surface area contributed by atoms with Crippen LogP contribution in [0.1, 0.15) is 122 Å². The molecule has 0 aromatic heterocycles. The van der Waals surface area contributed by atoms with Gasteiger partial charge in [-0.25, -0.2) is 0 Å². The Kier molecular flexibility index (Phi) is 9.74. The molecule has 36 heavy (non-hydrogen) atoms. The summed E-state index contributed by atoms with van der Waals surface area (Å²) in [6.07, 6.45) is 22.5. The van der Waals surface area contributed by atoms with E-state index in [1.807, 2.05) is 0 Å². The molecule has 0 spiro atoms. The molecule has 4 aliphatic carbocycles. The number of fused-ring (bicyclic) bond motifs is 3. The maximum Gasteiger partial charge on any atom is -1.00 e. The second kappa shape index (κ2) is 12.4. The van der Waals surface area contributed by atoms with E-state index in [0.29, 0.717) is 3.63 Å².